The third-order valence-corrected chi connectivity index (χ3v) is 5.56. The molecule has 132 valence electrons. The van der Waals surface area contributed by atoms with Gasteiger partial charge in [0.05, 0.1) is 5.01 Å². The van der Waals surface area contributed by atoms with Crippen molar-refractivity contribution in [2.24, 2.45) is 10.9 Å². The molecule has 0 aliphatic heterocycles. The van der Waals surface area contributed by atoms with Crippen LogP contribution >= 0.6 is 35.3 Å². The van der Waals surface area contributed by atoms with Gasteiger partial charge in [-0.05, 0) is 25.2 Å². The Kier molecular flexibility index (Phi) is 10.8. The van der Waals surface area contributed by atoms with Crippen molar-refractivity contribution in [3.8, 4) is 0 Å². The maximum Gasteiger partial charge on any atom is 0.190 e. The second-order valence-corrected chi connectivity index (χ2v) is 7.24. The minimum absolute atomic E-state index is 0. The van der Waals surface area contributed by atoms with Crippen LogP contribution in [0.2, 0.25) is 0 Å². The molecule has 2 N–H and O–H groups in total. The number of aromatic nitrogens is 1. The lowest BCUT2D eigenvalue weighted by Gasteiger charge is -2.13. The van der Waals surface area contributed by atoms with Gasteiger partial charge in [0.25, 0.3) is 0 Å². The van der Waals surface area contributed by atoms with Gasteiger partial charge in [-0.3, -0.25) is 4.99 Å². The van der Waals surface area contributed by atoms with Crippen molar-refractivity contribution in [2.45, 2.75) is 58.3 Å². The van der Waals surface area contributed by atoms with Crippen molar-refractivity contribution >= 4 is 41.3 Å². The molecular formula is C17H31IN4S. The molecule has 4 nitrogen and oxygen atoms in total. The summed E-state index contributed by atoms with van der Waals surface area (Å²) in [4.78, 5) is 10.1. The van der Waals surface area contributed by atoms with Crippen molar-refractivity contribution < 1.29 is 0 Å². The second kappa shape index (κ2) is 12.1. The average Bonchev–Trinajstić information content (AvgIpc) is 3.21. The summed E-state index contributed by atoms with van der Waals surface area (Å²) in [5, 5.41) is 8.01. The highest BCUT2D eigenvalue weighted by molar-refractivity contribution is 14.0. The highest BCUT2D eigenvalue weighted by Crippen LogP contribution is 2.28. The molecule has 0 radical (unpaired) electrons. The molecule has 0 spiro atoms. The number of aliphatic imine (C=N–C) groups is 1. The summed E-state index contributed by atoms with van der Waals surface area (Å²) in [6, 6.07) is 0. The molecule has 1 aromatic heterocycles. The Morgan fingerprint density at radius 1 is 1.30 bits per heavy atom. The minimum Gasteiger partial charge on any atom is -0.356 e. The number of thiazole rings is 1. The van der Waals surface area contributed by atoms with Gasteiger partial charge in [0.15, 0.2) is 5.96 Å². The summed E-state index contributed by atoms with van der Waals surface area (Å²) in [5.41, 5.74) is 0. The van der Waals surface area contributed by atoms with E-state index >= 15 is 0 Å². The Hall–Kier alpha value is -0.370. The van der Waals surface area contributed by atoms with Gasteiger partial charge in [0, 0.05) is 37.6 Å². The number of aryl methyl sites for hydroxylation is 1. The van der Waals surface area contributed by atoms with E-state index in [1.807, 2.05) is 24.6 Å². The third-order valence-electron chi connectivity index (χ3n) is 4.36. The summed E-state index contributed by atoms with van der Waals surface area (Å²) in [6.45, 7) is 4.08. The molecule has 0 atom stereocenters. The Morgan fingerprint density at radius 2 is 2.04 bits per heavy atom. The van der Waals surface area contributed by atoms with Crippen molar-refractivity contribution in [2.75, 3.05) is 20.1 Å². The zero-order valence-electron chi connectivity index (χ0n) is 14.4. The fourth-order valence-electron chi connectivity index (χ4n) is 3.03. The molecule has 6 heteroatoms. The molecule has 0 saturated heterocycles. The first-order chi connectivity index (χ1) is 10.8. The van der Waals surface area contributed by atoms with Crippen molar-refractivity contribution in [1.29, 1.82) is 0 Å². The lowest BCUT2D eigenvalue weighted by molar-refractivity contribution is 0.481. The van der Waals surface area contributed by atoms with Crippen molar-refractivity contribution in [3.63, 3.8) is 0 Å². The maximum atomic E-state index is 4.45. The Balaban J connectivity index is 0.00000264. The van der Waals surface area contributed by atoms with Gasteiger partial charge in [-0.2, -0.15) is 0 Å². The second-order valence-electron chi connectivity index (χ2n) is 6.04. The summed E-state index contributed by atoms with van der Waals surface area (Å²) < 4.78 is 0. The van der Waals surface area contributed by atoms with E-state index in [1.54, 1.807) is 0 Å². The maximum absolute atomic E-state index is 4.45. The molecule has 1 aromatic rings. The van der Waals surface area contributed by atoms with Gasteiger partial charge < -0.3 is 10.6 Å². The molecule has 0 aromatic carbocycles. The largest absolute Gasteiger partial charge is 0.356 e. The van der Waals surface area contributed by atoms with Crippen LogP contribution < -0.4 is 10.6 Å². The normalized spacial score (nSPS) is 15.5. The lowest BCUT2D eigenvalue weighted by atomic mass is 10.0. The summed E-state index contributed by atoms with van der Waals surface area (Å²) in [5.74, 6) is 1.90. The van der Waals surface area contributed by atoms with Gasteiger partial charge in [-0.15, -0.1) is 35.3 Å². The van der Waals surface area contributed by atoms with Crippen molar-refractivity contribution in [3.05, 3.63) is 16.1 Å². The first-order valence-corrected chi connectivity index (χ1v) is 9.51. The monoisotopic (exact) mass is 450 g/mol. The highest BCUT2D eigenvalue weighted by atomic mass is 127. The molecule has 0 amide bonds. The smallest absolute Gasteiger partial charge is 0.190 e. The van der Waals surface area contributed by atoms with E-state index in [4.69, 9.17) is 0 Å². The predicted molar refractivity (Wildman–Crippen MR) is 111 cm³/mol. The predicted octanol–water partition coefficient (Wildman–Crippen LogP) is 4.00. The van der Waals surface area contributed by atoms with Crippen LogP contribution in [0, 0.1) is 5.92 Å². The van der Waals surface area contributed by atoms with E-state index in [0.29, 0.717) is 0 Å². The molecule has 0 bridgehead atoms. The molecule has 23 heavy (non-hydrogen) atoms. The molecule has 1 heterocycles. The number of rotatable bonds is 8. The van der Waals surface area contributed by atoms with Crippen LogP contribution in [0.5, 0.6) is 0 Å². The Morgan fingerprint density at radius 3 is 2.70 bits per heavy atom. The van der Waals surface area contributed by atoms with Crippen LogP contribution in [0.15, 0.2) is 11.2 Å². The SMILES string of the molecule is CCc1cnc(CCNC(=NC)NCCCC2CCCC2)s1.I. The Bertz CT molecular complexity index is 455. The molecule has 1 aliphatic carbocycles. The number of nitrogens with one attached hydrogen (secondary N) is 2. The number of guanidine groups is 1. The highest BCUT2D eigenvalue weighted by Gasteiger charge is 2.13. The van der Waals surface area contributed by atoms with Gasteiger partial charge in [0.2, 0.25) is 0 Å². The quantitative estimate of drug-likeness (QED) is 0.273. The zero-order valence-corrected chi connectivity index (χ0v) is 17.6. The van der Waals surface area contributed by atoms with Crippen LogP contribution in [0.3, 0.4) is 0 Å². The van der Waals surface area contributed by atoms with Crippen molar-refractivity contribution in [1.82, 2.24) is 15.6 Å². The summed E-state index contributed by atoms with van der Waals surface area (Å²) in [6.07, 6.45) is 12.4. The summed E-state index contributed by atoms with van der Waals surface area (Å²) >= 11 is 1.82. The fourth-order valence-corrected chi connectivity index (χ4v) is 3.89. The molecule has 1 fully saturated rings. The minimum atomic E-state index is 0. The third kappa shape index (κ3) is 7.83. The van der Waals surface area contributed by atoms with Gasteiger partial charge >= 0.3 is 0 Å². The van der Waals surface area contributed by atoms with Crippen LogP contribution in [0.25, 0.3) is 0 Å². The van der Waals surface area contributed by atoms with Gasteiger partial charge in [-0.1, -0.05) is 32.6 Å². The molecule has 1 aliphatic rings. The van der Waals surface area contributed by atoms with E-state index in [1.165, 1.54) is 48.4 Å². The number of hydrogen-bond acceptors (Lipinski definition) is 3. The van der Waals surface area contributed by atoms with E-state index in [0.717, 1.165) is 37.8 Å². The van der Waals surface area contributed by atoms with Gasteiger partial charge in [0.1, 0.15) is 0 Å². The molecule has 0 unspecified atom stereocenters. The van der Waals surface area contributed by atoms with Crippen LogP contribution in [0.1, 0.15) is 55.3 Å². The number of nitrogens with zero attached hydrogens (tertiary/aromatic N) is 2. The first-order valence-electron chi connectivity index (χ1n) is 8.70. The van der Waals surface area contributed by atoms with E-state index in [9.17, 15) is 0 Å². The van der Waals surface area contributed by atoms with Crippen LogP contribution in [-0.2, 0) is 12.8 Å². The first kappa shape index (κ1) is 20.7. The lowest BCUT2D eigenvalue weighted by Crippen LogP contribution is -2.38. The number of halogens is 1. The van der Waals surface area contributed by atoms with E-state index in [-0.39, 0.29) is 24.0 Å². The summed E-state index contributed by atoms with van der Waals surface area (Å²) in [7, 11) is 1.84. The van der Waals surface area contributed by atoms with E-state index < -0.39 is 0 Å². The van der Waals surface area contributed by atoms with Crippen LogP contribution in [0.4, 0.5) is 0 Å². The van der Waals surface area contributed by atoms with E-state index in [2.05, 4.69) is 27.5 Å². The molecule has 1 saturated carbocycles. The van der Waals surface area contributed by atoms with Crippen LogP contribution in [-0.4, -0.2) is 31.1 Å². The topological polar surface area (TPSA) is 49.3 Å². The number of hydrogen-bond donors (Lipinski definition) is 2. The molecule has 2 rings (SSSR count). The molecular weight excluding hydrogens is 419 g/mol. The average molecular weight is 450 g/mol. The standard InChI is InChI=1S/C17H30N4S.HI/c1-3-15-13-21-16(22-15)10-12-20-17(18-2)19-11-6-9-14-7-4-5-8-14;/h13-14H,3-12H2,1-2H3,(H2,18,19,20);1H. The van der Waals surface area contributed by atoms with Gasteiger partial charge in [-0.25, -0.2) is 4.98 Å². The zero-order chi connectivity index (χ0) is 15.6. The fraction of sp³-hybridized carbons (Fsp3) is 0.765. The Labute approximate surface area is 162 Å².